The summed E-state index contributed by atoms with van der Waals surface area (Å²) in [5.74, 6) is -16.8. The summed E-state index contributed by atoms with van der Waals surface area (Å²) in [7, 11) is 0. The molecular formula is C30H20F6N6O3. The zero-order valence-corrected chi connectivity index (χ0v) is 23.0. The second-order valence-corrected chi connectivity index (χ2v) is 11.3. The molecule has 45 heavy (non-hydrogen) atoms. The molecule has 2 aliphatic heterocycles. The van der Waals surface area contributed by atoms with E-state index in [9.17, 15) is 46.0 Å². The normalized spacial score (nSPS) is 20.6. The molecule has 9 nitrogen and oxygen atoms in total. The van der Waals surface area contributed by atoms with E-state index in [1.807, 2.05) is 6.07 Å². The molecule has 0 spiro atoms. The number of Topliss-reactive ketones (excluding diaryl/α,β-unsaturated/α-hetero) is 2. The van der Waals surface area contributed by atoms with Gasteiger partial charge in [0.05, 0.1) is 54.1 Å². The molecule has 1 aliphatic carbocycles. The Morgan fingerprint density at radius 2 is 1.64 bits per heavy atom. The van der Waals surface area contributed by atoms with E-state index in [0.717, 1.165) is 4.90 Å². The predicted molar refractivity (Wildman–Crippen MR) is 146 cm³/mol. The van der Waals surface area contributed by atoms with Crippen LogP contribution in [-0.4, -0.2) is 78.8 Å². The number of carbonyl (C=O) groups is 3. The van der Waals surface area contributed by atoms with Crippen LogP contribution in [0.2, 0.25) is 0 Å². The van der Waals surface area contributed by atoms with E-state index >= 15 is 0 Å². The summed E-state index contributed by atoms with van der Waals surface area (Å²) >= 11 is 0. The van der Waals surface area contributed by atoms with Crippen LogP contribution in [-0.2, 0) is 22.7 Å². The number of nitriles is 1. The number of amides is 2. The Kier molecular flexibility index (Phi) is 6.00. The molecule has 0 bridgehead atoms. The minimum absolute atomic E-state index is 0.00170. The second kappa shape index (κ2) is 9.43. The van der Waals surface area contributed by atoms with Crippen LogP contribution in [0.1, 0.15) is 28.8 Å². The Morgan fingerprint density at radius 1 is 0.933 bits per heavy atom. The van der Waals surface area contributed by atoms with Gasteiger partial charge in [-0.3, -0.25) is 14.0 Å². The van der Waals surface area contributed by atoms with E-state index < -0.39 is 48.5 Å². The number of likely N-dealkylation sites (tertiary alicyclic amines) is 1. The molecule has 0 unspecified atom stereocenters. The summed E-state index contributed by atoms with van der Waals surface area (Å²) in [5.41, 5.74) is 2.50. The Morgan fingerprint density at radius 3 is 2.36 bits per heavy atom. The molecule has 0 atom stereocenters. The van der Waals surface area contributed by atoms with Crippen molar-refractivity contribution < 1.29 is 40.7 Å². The number of hydrogen-bond donors (Lipinski definition) is 0. The standard InChI is InChI=1S/C30H20F6N6O3/c31-28(32)14-41(15-29(33,34)30(28,35)36)27(45)40-6-5-39-13-19(18-8-16(10-37)7-17(12-40)26(18)39)24-21(43)9-22(44)25(24)20-11-38-23-3-1-2-4-42(20)23/h1-4,7-8,11,13H,5-6,9,12,14-15H2. The molecule has 0 saturated carbocycles. The maximum Gasteiger partial charge on any atom is 0.375 e. The van der Waals surface area contributed by atoms with Crippen LogP contribution in [0.15, 0.2) is 48.9 Å². The van der Waals surface area contributed by atoms with Crippen molar-refractivity contribution in [2.24, 2.45) is 0 Å². The van der Waals surface area contributed by atoms with Crippen LogP contribution in [0.25, 0.3) is 27.7 Å². The number of alkyl halides is 6. The zero-order valence-electron chi connectivity index (χ0n) is 23.0. The van der Waals surface area contributed by atoms with E-state index in [0.29, 0.717) is 33.4 Å². The van der Waals surface area contributed by atoms with Gasteiger partial charge < -0.3 is 14.4 Å². The van der Waals surface area contributed by atoms with Crippen molar-refractivity contribution in [2.45, 2.75) is 37.3 Å². The molecule has 4 aromatic rings. The molecule has 1 fully saturated rings. The first-order valence-corrected chi connectivity index (χ1v) is 13.7. The molecule has 0 radical (unpaired) electrons. The van der Waals surface area contributed by atoms with E-state index in [1.54, 1.807) is 39.6 Å². The largest absolute Gasteiger partial charge is 0.375 e. The molecular weight excluding hydrogens is 606 g/mol. The Bertz CT molecular complexity index is 2040. The summed E-state index contributed by atoms with van der Waals surface area (Å²) in [5, 5.41) is 10.2. The lowest BCUT2D eigenvalue weighted by Crippen LogP contribution is -2.69. The van der Waals surface area contributed by atoms with Crippen LogP contribution in [0, 0.1) is 11.3 Å². The molecule has 15 heteroatoms. The lowest BCUT2D eigenvalue weighted by molar-refractivity contribution is -0.333. The topological polar surface area (TPSA) is 104 Å². The molecule has 3 aromatic heterocycles. The highest BCUT2D eigenvalue weighted by Gasteiger charge is 2.75. The van der Waals surface area contributed by atoms with Crippen molar-refractivity contribution in [3.05, 3.63) is 71.3 Å². The first kappa shape index (κ1) is 28.6. The van der Waals surface area contributed by atoms with Gasteiger partial charge in [-0.1, -0.05) is 6.07 Å². The number of benzene rings is 1. The van der Waals surface area contributed by atoms with E-state index in [-0.39, 0.29) is 47.7 Å². The minimum Gasteiger partial charge on any atom is -0.345 e. The fraction of sp³-hybridized carbons (Fsp3) is 0.300. The van der Waals surface area contributed by atoms with Gasteiger partial charge in [0.2, 0.25) is 0 Å². The smallest absolute Gasteiger partial charge is 0.345 e. The van der Waals surface area contributed by atoms with E-state index in [2.05, 4.69) is 4.98 Å². The van der Waals surface area contributed by atoms with Gasteiger partial charge in [0.1, 0.15) is 5.65 Å². The number of hydrogen-bond acceptors (Lipinski definition) is 5. The fourth-order valence-corrected chi connectivity index (χ4v) is 6.38. The van der Waals surface area contributed by atoms with Crippen molar-refractivity contribution in [1.29, 1.82) is 5.26 Å². The summed E-state index contributed by atoms with van der Waals surface area (Å²) in [6.07, 6.45) is 4.39. The predicted octanol–water partition coefficient (Wildman–Crippen LogP) is 4.77. The molecule has 3 aliphatic rings. The Balaban J connectivity index is 1.32. The maximum atomic E-state index is 14.1. The van der Waals surface area contributed by atoms with Crippen LogP contribution >= 0.6 is 0 Å². The lowest BCUT2D eigenvalue weighted by Gasteiger charge is -2.43. The van der Waals surface area contributed by atoms with Crippen molar-refractivity contribution in [3.63, 3.8) is 0 Å². The lowest BCUT2D eigenvalue weighted by atomic mass is 9.96. The summed E-state index contributed by atoms with van der Waals surface area (Å²) in [6.45, 7) is -4.33. The van der Waals surface area contributed by atoms with Gasteiger partial charge in [-0.05, 0) is 29.8 Å². The van der Waals surface area contributed by atoms with Crippen LogP contribution in [0.4, 0.5) is 31.1 Å². The average Bonchev–Trinajstić information content (AvgIpc) is 3.61. The number of rotatable bonds is 2. The third kappa shape index (κ3) is 4.08. The number of urea groups is 1. The fourth-order valence-electron chi connectivity index (χ4n) is 6.38. The number of fused-ring (bicyclic) bond motifs is 1. The Labute approximate surface area is 249 Å². The zero-order chi connectivity index (χ0) is 32.1. The van der Waals surface area contributed by atoms with Gasteiger partial charge in [-0.2, -0.15) is 31.6 Å². The first-order chi connectivity index (χ1) is 21.2. The van der Waals surface area contributed by atoms with Crippen LogP contribution in [0.5, 0.6) is 0 Å². The van der Waals surface area contributed by atoms with Crippen molar-refractivity contribution in [1.82, 2.24) is 23.8 Å². The van der Waals surface area contributed by atoms with Crippen molar-refractivity contribution in [3.8, 4) is 6.07 Å². The first-order valence-electron chi connectivity index (χ1n) is 13.7. The molecule has 0 N–H and O–H groups in total. The van der Waals surface area contributed by atoms with Crippen molar-refractivity contribution in [2.75, 3.05) is 19.6 Å². The van der Waals surface area contributed by atoms with Gasteiger partial charge in [0.25, 0.3) is 0 Å². The third-order valence-corrected chi connectivity index (χ3v) is 8.46. The van der Waals surface area contributed by atoms with Crippen LogP contribution < -0.4 is 0 Å². The third-order valence-electron chi connectivity index (χ3n) is 8.46. The van der Waals surface area contributed by atoms with Gasteiger partial charge in [0, 0.05) is 48.6 Å². The number of aromatic nitrogens is 3. The molecule has 1 saturated heterocycles. The average molecular weight is 627 g/mol. The number of piperidine rings is 1. The Hall–Kier alpha value is -5.13. The van der Waals surface area contributed by atoms with E-state index in [4.69, 9.17) is 0 Å². The minimum atomic E-state index is -5.63. The summed E-state index contributed by atoms with van der Waals surface area (Å²) < 4.78 is 87.3. The number of pyridine rings is 1. The molecule has 5 heterocycles. The molecule has 1 aromatic carbocycles. The molecule has 230 valence electrons. The SMILES string of the molecule is N#Cc1cc2c3c(c1)c(C1=C(c4cnc5ccccn45)C(=O)CC1=O)cn3CCN(C(=O)N1CC(F)(F)C(F)(F)C(F)(F)C1)C2. The number of carbonyl (C=O) groups excluding carboxylic acids is 3. The van der Waals surface area contributed by atoms with Crippen LogP contribution in [0.3, 0.4) is 0 Å². The highest BCUT2D eigenvalue weighted by molar-refractivity contribution is 6.51. The quantitative estimate of drug-likeness (QED) is 0.236. The number of nitrogens with zero attached hydrogens (tertiary/aromatic N) is 6. The summed E-state index contributed by atoms with van der Waals surface area (Å²) in [6, 6.07) is 8.91. The maximum absolute atomic E-state index is 14.1. The van der Waals surface area contributed by atoms with Crippen molar-refractivity contribution >= 4 is 45.3 Å². The monoisotopic (exact) mass is 626 g/mol. The van der Waals surface area contributed by atoms with Gasteiger partial charge >= 0.3 is 23.8 Å². The number of allylic oxidation sites excluding steroid dienone is 2. The molecule has 2 amide bonds. The van der Waals surface area contributed by atoms with Gasteiger partial charge in [-0.15, -0.1) is 0 Å². The number of imidazole rings is 1. The summed E-state index contributed by atoms with van der Waals surface area (Å²) in [4.78, 5) is 45.1. The number of ketones is 2. The second-order valence-electron chi connectivity index (χ2n) is 11.3. The van der Waals surface area contributed by atoms with Gasteiger partial charge in [-0.25, -0.2) is 9.78 Å². The number of halogens is 6. The van der Waals surface area contributed by atoms with E-state index in [1.165, 1.54) is 18.3 Å². The highest BCUT2D eigenvalue weighted by atomic mass is 19.3. The van der Waals surface area contributed by atoms with Gasteiger partial charge in [0.15, 0.2) is 11.6 Å². The highest BCUT2D eigenvalue weighted by Crippen LogP contribution is 2.50. The molecule has 7 rings (SSSR count).